The average molecular weight is 337 g/mol. The second-order valence-corrected chi connectivity index (χ2v) is 5.69. The lowest BCUT2D eigenvalue weighted by molar-refractivity contribution is 0.160. The quantitative estimate of drug-likeness (QED) is 0.886. The number of nitrogens with one attached hydrogen (secondary N) is 1. The maximum absolute atomic E-state index is 13.6. The van der Waals surface area contributed by atoms with Crippen LogP contribution in [0.1, 0.15) is 30.9 Å². The summed E-state index contributed by atoms with van der Waals surface area (Å²) < 4.78 is 13.6. The first kappa shape index (κ1) is 18.5. The minimum Gasteiger partial charge on any atom is -0.505 e. The minimum absolute atomic E-state index is 0. The standard InChI is InChI=1S/C15H21FN2O.2ClH/c16-13-10-12(3-4-15(13)19)14(9-11-1-2-11)18-7-5-17-6-8-18;;/h3-4,10-11,14,17,19H,1-2,5-9H2;2*1H/t14-;;/m0../s1. The molecule has 21 heavy (non-hydrogen) atoms. The van der Waals surface area contributed by atoms with Gasteiger partial charge in [0.05, 0.1) is 0 Å². The Balaban J connectivity index is 0.00000110. The third-order valence-electron chi connectivity index (χ3n) is 4.20. The molecule has 0 spiro atoms. The van der Waals surface area contributed by atoms with E-state index in [-0.39, 0.29) is 30.6 Å². The minimum atomic E-state index is -0.506. The number of piperazine rings is 1. The van der Waals surface area contributed by atoms with Crippen molar-refractivity contribution in [3.8, 4) is 5.75 Å². The number of benzene rings is 1. The summed E-state index contributed by atoms with van der Waals surface area (Å²) >= 11 is 0. The van der Waals surface area contributed by atoms with Crippen LogP contribution in [-0.4, -0.2) is 36.2 Å². The Morgan fingerprint density at radius 1 is 1.24 bits per heavy atom. The molecular weight excluding hydrogens is 314 g/mol. The molecule has 3 rings (SSSR count). The lowest BCUT2D eigenvalue weighted by atomic mass is 9.98. The molecule has 0 radical (unpaired) electrons. The van der Waals surface area contributed by atoms with Gasteiger partial charge in [0, 0.05) is 32.2 Å². The van der Waals surface area contributed by atoms with Crippen LogP contribution < -0.4 is 5.32 Å². The van der Waals surface area contributed by atoms with Crippen LogP contribution >= 0.6 is 24.8 Å². The van der Waals surface area contributed by atoms with Gasteiger partial charge in [-0.05, 0) is 30.0 Å². The summed E-state index contributed by atoms with van der Waals surface area (Å²) in [5, 5.41) is 12.7. The third kappa shape index (κ3) is 4.71. The van der Waals surface area contributed by atoms with Gasteiger partial charge in [0.15, 0.2) is 11.6 Å². The van der Waals surface area contributed by atoms with E-state index in [1.54, 1.807) is 0 Å². The van der Waals surface area contributed by atoms with Gasteiger partial charge in [0.2, 0.25) is 0 Å². The van der Waals surface area contributed by atoms with E-state index in [0.717, 1.165) is 44.1 Å². The molecule has 3 nitrogen and oxygen atoms in total. The highest BCUT2D eigenvalue weighted by Crippen LogP contribution is 2.40. The highest BCUT2D eigenvalue weighted by atomic mass is 35.5. The average Bonchev–Trinajstić information content (AvgIpc) is 3.24. The maximum Gasteiger partial charge on any atom is 0.165 e. The van der Waals surface area contributed by atoms with Gasteiger partial charge in [0.25, 0.3) is 0 Å². The molecule has 1 aliphatic carbocycles. The van der Waals surface area contributed by atoms with E-state index in [1.807, 2.05) is 6.07 Å². The van der Waals surface area contributed by atoms with Crippen LogP contribution in [0.3, 0.4) is 0 Å². The Hall–Kier alpha value is -0.550. The second kappa shape index (κ2) is 8.18. The van der Waals surface area contributed by atoms with Gasteiger partial charge >= 0.3 is 0 Å². The van der Waals surface area contributed by atoms with Crippen molar-refractivity contribution in [2.75, 3.05) is 26.2 Å². The van der Waals surface area contributed by atoms with Gasteiger partial charge in [-0.2, -0.15) is 0 Å². The zero-order chi connectivity index (χ0) is 13.2. The summed E-state index contributed by atoms with van der Waals surface area (Å²) in [5.74, 6) is 0.0411. The van der Waals surface area contributed by atoms with Crippen LogP contribution in [0.5, 0.6) is 5.75 Å². The summed E-state index contributed by atoms with van der Waals surface area (Å²) in [6, 6.07) is 5.15. The molecule has 2 aliphatic rings. The molecule has 1 saturated heterocycles. The molecule has 120 valence electrons. The van der Waals surface area contributed by atoms with Gasteiger partial charge in [-0.1, -0.05) is 18.9 Å². The van der Waals surface area contributed by atoms with E-state index in [4.69, 9.17) is 0 Å². The van der Waals surface area contributed by atoms with Crippen molar-refractivity contribution in [3.63, 3.8) is 0 Å². The molecule has 1 aromatic carbocycles. The molecular formula is C15H23Cl2FN2O. The van der Waals surface area contributed by atoms with Crippen LogP contribution in [0.4, 0.5) is 4.39 Å². The molecule has 0 unspecified atom stereocenters. The van der Waals surface area contributed by atoms with Gasteiger partial charge in [-0.25, -0.2) is 4.39 Å². The molecule has 2 N–H and O–H groups in total. The van der Waals surface area contributed by atoms with Crippen LogP contribution in [-0.2, 0) is 0 Å². The SMILES string of the molecule is Cl.Cl.Oc1ccc([C@H](CC2CC2)N2CCNCC2)cc1F. The van der Waals surface area contributed by atoms with Crippen LogP contribution in [0.15, 0.2) is 18.2 Å². The first-order chi connectivity index (χ1) is 9.24. The van der Waals surface area contributed by atoms with Crippen LogP contribution in [0.25, 0.3) is 0 Å². The number of hydrogen-bond donors (Lipinski definition) is 2. The molecule has 0 amide bonds. The largest absolute Gasteiger partial charge is 0.505 e. The molecule has 2 fully saturated rings. The van der Waals surface area contributed by atoms with E-state index in [9.17, 15) is 9.50 Å². The number of aromatic hydroxyl groups is 1. The van der Waals surface area contributed by atoms with Gasteiger partial charge in [0.1, 0.15) is 0 Å². The summed E-state index contributed by atoms with van der Waals surface area (Å²) in [7, 11) is 0. The first-order valence-electron chi connectivity index (χ1n) is 7.17. The molecule has 1 atom stereocenters. The van der Waals surface area contributed by atoms with Crippen LogP contribution in [0, 0.1) is 11.7 Å². The highest BCUT2D eigenvalue weighted by Gasteiger charge is 2.30. The smallest absolute Gasteiger partial charge is 0.165 e. The second-order valence-electron chi connectivity index (χ2n) is 5.69. The van der Waals surface area contributed by atoms with E-state index in [0.29, 0.717) is 6.04 Å². The molecule has 0 aromatic heterocycles. The Kier molecular flexibility index (Phi) is 7.21. The summed E-state index contributed by atoms with van der Waals surface area (Å²) in [4.78, 5) is 2.45. The van der Waals surface area contributed by atoms with E-state index in [1.165, 1.54) is 25.0 Å². The van der Waals surface area contributed by atoms with E-state index >= 15 is 0 Å². The molecule has 1 saturated carbocycles. The van der Waals surface area contributed by atoms with Crippen molar-refractivity contribution in [1.82, 2.24) is 10.2 Å². The Morgan fingerprint density at radius 2 is 1.90 bits per heavy atom. The van der Waals surface area contributed by atoms with Crippen LogP contribution in [0.2, 0.25) is 0 Å². The molecule has 1 aliphatic heterocycles. The van der Waals surface area contributed by atoms with Gasteiger partial charge < -0.3 is 10.4 Å². The lowest BCUT2D eigenvalue weighted by Crippen LogP contribution is -2.45. The number of hydrogen-bond acceptors (Lipinski definition) is 3. The van der Waals surface area contributed by atoms with Gasteiger partial charge in [-0.15, -0.1) is 24.8 Å². The number of phenolic OH excluding ortho intramolecular Hbond substituents is 1. The Morgan fingerprint density at radius 3 is 2.48 bits per heavy atom. The van der Waals surface area contributed by atoms with Crippen molar-refractivity contribution in [1.29, 1.82) is 0 Å². The molecule has 0 bridgehead atoms. The number of halogens is 3. The predicted molar refractivity (Wildman–Crippen MR) is 87.1 cm³/mol. The van der Waals surface area contributed by atoms with Gasteiger partial charge in [-0.3, -0.25) is 4.90 Å². The summed E-state index contributed by atoms with van der Waals surface area (Å²) in [6.45, 7) is 4.03. The normalized spacial score (nSPS) is 20.2. The Bertz CT molecular complexity index is 451. The fourth-order valence-corrected chi connectivity index (χ4v) is 2.89. The highest BCUT2D eigenvalue weighted by molar-refractivity contribution is 5.85. The van der Waals surface area contributed by atoms with Crippen molar-refractivity contribution in [2.24, 2.45) is 5.92 Å². The topological polar surface area (TPSA) is 35.5 Å². The molecule has 1 aromatic rings. The summed E-state index contributed by atoms with van der Waals surface area (Å²) in [5.41, 5.74) is 1.00. The van der Waals surface area contributed by atoms with E-state index in [2.05, 4.69) is 10.2 Å². The Labute approximate surface area is 137 Å². The number of rotatable bonds is 4. The maximum atomic E-state index is 13.6. The molecule has 6 heteroatoms. The number of nitrogens with zero attached hydrogens (tertiary/aromatic N) is 1. The molecule has 1 heterocycles. The van der Waals surface area contributed by atoms with E-state index < -0.39 is 5.82 Å². The fourth-order valence-electron chi connectivity index (χ4n) is 2.89. The number of phenols is 1. The van der Waals surface area contributed by atoms with Crippen molar-refractivity contribution in [2.45, 2.75) is 25.3 Å². The summed E-state index contributed by atoms with van der Waals surface area (Å²) in [6.07, 6.45) is 3.73. The third-order valence-corrected chi connectivity index (χ3v) is 4.20. The first-order valence-corrected chi connectivity index (χ1v) is 7.17. The van der Waals surface area contributed by atoms with Crippen molar-refractivity contribution in [3.05, 3.63) is 29.6 Å². The monoisotopic (exact) mass is 336 g/mol. The fraction of sp³-hybridized carbons (Fsp3) is 0.600. The van der Waals surface area contributed by atoms with Crippen molar-refractivity contribution >= 4 is 24.8 Å². The zero-order valence-corrected chi connectivity index (χ0v) is 13.6. The zero-order valence-electron chi connectivity index (χ0n) is 11.9. The van der Waals surface area contributed by atoms with Crippen molar-refractivity contribution < 1.29 is 9.50 Å². The predicted octanol–water partition coefficient (Wildman–Crippen LogP) is 3.12. The lowest BCUT2D eigenvalue weighted by Gasteiger charge is -2.35.